The fourth-order valence-electron chi connectivity index (χ4n) is 1.78. The molecule has 0 aliphatic rings. The third-order valence-electron chi connectivity index (χ3n) is 2.67. The Labute approximate surface area is 138 Å². The van der Waals surface area contributed by atoms with Crippen LogP contribution in [0.15, 0.2) is 34.2 Å². The molecule has 23 heavy (non-hydrogen) atoms. The minimum absolute atomic E-state index is 0.0662. The van der Waals surface area contributed by atoms with Crippen molar-refractivity contribution in [1.82, 2.24) is 4.72 Å². The second kappa shape index (κ2) is 7.59. The highest BCUT2D eigenvalue weighted by Gasteiger charge is 2.21. The zero-order chi connectivity index (χ0) is 17.7. The molecule has 0 bridgehead atoms. The number of hydrogen-bond donors (Lipinski definition) is 1. The summed E-state index contributed by atoms with van der Waals surface area (Å²) in [4.78, 5) is 16.1. The lowest BCUT2D eigenvalue weighted by atomic mass is 10.1. The van der Waals surface area contributed by atoms with Gasteiger partial charge in [0.1, 0.15) is 12.3 Å². The predicted molar refractivity (Wildman–Crippen MR) is 89.9 cm³/mol. The van der Waals surface area contributed by atoms with Crippen LogP contribution < -0.4 is 4.72 Å². The van der Waals surface area contributed by atoms with Gasteiger partial charge in [-0.25, -0.2) is 8.42 Å². The monoisotopic (exact) mass is 340 g/mol. The molecule has 0 aromatic heterocycles. The van der Waals surface area contributed by atoms with Crippen molar-refractivity contribution in [3.8, 4) is 0 Å². The maximum Gasteiger partial charge on any atom is 0.313 e. The highest BCUT2D eigenvalue weighted by molar-refractivity contribution is 7.90. The van der Waals surface area contributed by atoms with Gasteiger partial charge >= 0.3 is 5.97 Å². The molecular weight excluding hydrogens is 316 g/mol. The minimum Gasteiger partial charge on any atom is -0.466 e. The number of aliphatic imine (C=N–C) groups is 1. The molecule has 0 fully saturated rings. The molecule has 128 valence electrons. The number of nitrogens with zero attached hydrogens (tertiary/aromatic N) is 1. The number of aryl methyl sites for hydroxylation is 1. The van der Waals surface area contributed by atoms with E-state index in [1.807, 2.05) is 27.7 Å². The van der Waals surface area contributed by atoms with Gasteiger partial charge in [-0.05, 0) is 46.8 Å². The maximum absolute atomic E-state index is 12.4. The van der Waals surface area contributed by atoms with E-state index in [0.717, 1.165) is 5.56 Å². The smallest absolute Gasteiger partial charge is 0.313 e. The Morgan fingerprint density at radius 2 is 1.78 bits per heavy atom. The summed E-state index contributed by atoms with van der Waals surface area (Å²) in [6.07, 6.45) is -0.226. The summed E-state index contributed by atoms with van der Waals surface area (Å²) in [6, 6.07) is 6.44. The van der Waals surface area contributed by atoms with Crippen LogP contribution in [-0.2, 0) is 19.6 Å². The van der Waals surface area contributed by atoms with Crippen molar-refractivity contribution in [2.45, 2.75) is 51.5 Å². The molecule has 6 nitrogen and oxygen atoms in total. The van der Waals surface area contributed by atoms with E-state index in [-0.39, 0.29) is 23.8 Å². The third-order valence-corrected chi connectivity index (χ3v) is 4.07. The second-order valence-corrected chi connectivity index (χ2v) is 7.81. The van der Waals surface area contributed by atoms with Crippen molar-refractivity contribution in [2.75, 3.05) is 6.61 Å². The largest absolute Gasteiger partial charge is 0.466 e. The zero-order valence-corrected chi connectivity index (χ0v) is 15.0. The number of esters is 1. The van der Waals surface area contributed by atoms with E-state index in [4.69, 9.17) is 4.74 Å². The molecule has 7 heteroatoms. The number of nitrogens with one attached hydrogen (secondary N) is 1. The van der Waals surface area contributed by atoms with Gasteiger partial charge < -0.3 is 4.74 Å². The molecule has 0 saturated heterocycles. The van der Waals surface area contributed by atoms with Gasteiger partial charge in [-0.1, -0.05) is 17.7 Å². The molecule has 0 atom stereocenters. The van der Waals surface area contributed by atoms with Gasteiger partial charge in [0, 0.05) is 0 Å². The average molecular weight is 340 g/mol. The molecule has 0 radical (unpaired) electrons. The molecular formula is C16H24N2O4S. The van der Waals surface area contributed by atoms with Gasteiger partial charge in [0.2, 0.25) is 0 Å². The summed E-state index contributed by atoms with van der Waals surface area (Å²) in [6.45, 7) is 9.24. The fourth-order valence-corrected chi connectivity index (χ4v) is 2.82. The number of ether oxygens (including phenoxy) is 1. The van der Waals surface area contributed by atoms with Crippen LogP contribution in [0.25, 0.3) is 0 Å². The van der Waals surface area contributed by atoms with Crippen LogP contribution in [0.1, 0.15) is 39.7 Å². The molecule has 1 aromatic rings. The standard InChI is InChI=1S/C16H24N2O4S/c1-6-22-15(19)11-14(17-16(3,4)5)18-23(20,21)13-9-7-12(2)8-10-13/h7-10H,6,11H2,1-5H3,(H,17,18). The molecule has 0 aliphatic carbocycles. The number of hydrogen-bond acceptors (Lipinski definition) is 5. The fraction of sp³-hybridized carbons (Fsp3) is 0.500. The van der Waals surface area contributed by atoms with Gasteiger partial charge in [-0.2, -0.15) is 0 Å². The van der Waals surface area contributed by atoms with E-state index in [9.17, 15) is 13.2 Å². The van der Waals surface area contributed by atoms with E-state index < -0.39 is 21.5 Å². The van der Waals surface area contributed by atoms with Gasteiger partial charge in [-0.15, -0.1) is 0 Å². The molecule has 0 spiro atoms. The Hall–Kier alpha value is -1.89. The van der Waals surface area contributed by atoms with E-state index in [1.165, 1.54) is 12.1 Å². The molecule has 0 saturated carbocycles. The Balaban J connectivity index is 3.06. The van der Waals surface area contributed by atoms with Gasteiger partial charge in [0.05, 0.1) is 17.0 Å². The summed E-state index contributed by atoms with van der Waals surface area (Å²) in [5.41, 5.74) is 0.427. The molecule has 1 aromatic carbocycles. The van der Waals surface area contributed by atoms with Gasteiger partial charge in [-0.3, -0.25) is 14.5 Å². The molecule has 1 N–H and O–H groups in total. The average Bonchev–Trinajstić information content (AvgIpc) is 2.36. The third kappa shape index (κ3) is 6.81. The summed E-state index contributed by atoms with van der Waals surface area (Å²) in [5.74, 6) is -0.460. The van der Waals surface area contributed by atoms with E-state index in [0.29, 0.717) is 0 Å². The molecule has 1 rings (SSSR count). The lowest BCUT2D eigenvalue weighted by molar-refractivity contribution is -0.141. The molecule has 0 unspecified atom stereocenters. The van der Waals surface area contributed by atoms with Crippen molar-refractivity contribution in [3.63, 3.8) is 0 Å². The zero-order valence-electron chi connectivity index (χ0n) is 14.2. The van der Waals surface area contributed by atoms with Crippen LogP contribution in [0.2, 0.25) is 0 Å². The SMILES string of the molecule is CCOC(=O)CC(=NC(C)(C)C)NS(=O)(=O)c1ccc(C)cc1. The summed E-state index contributed by atoms with van der Waals surface area (Å²) in [7, 11) is -3.80. The van der Waals surface area contributed by atoms with Gasteiger partial charge in [0.25, 0.3) is 10.0 Å². The van der Waals surface area contributed by atoms with Crippen LogP contribution >= 0.6 is 0 Å². The lowest BCUT2D eigenvalue weighted by Crippen LogP contribution is -2.34. The van der Waals surface area contributed by atoms with Crippen molar-refractivity contribution in [2.24, 2.45) is 4.99 Å². The second-order valence-electron chi connectivity index (χ2n) is 6.13. The first-order chi connectivity index (χ1) is 10.5. The minimum atomic E-state index is -3.80. The summed E-state index contributed by atoms with van der Waals surface area (Å²) in [5, 5.41) is 0. The highest BCUT2D eigenvalue weighted by atomic mass is 32.2. The quantitative estimate of drug-likeness (QED) is 0.507. The van der Waals surface area contributed by atoms with Gasteiger partial charge in [0.15, 0.2) is 0 Å². The van der Waals surface area contributed by atoms with Crippen molar-refractivity contribution in [3.05, 3.63) is 29.8 Å². The van der Waals surface area contributed by atoms with Crippen LogP contribution in [-0.4, -0.2) is 32.4 Å². The predicted octanol–water partition coefficient (Wildman–Crippen LogP) is 2.42. The van der Waals surface area contributed by atoms with Crippen LogP contribution in [0.3, 0.4) is 0 Å². The van der Waals surface area contributed by atoms with E-state index in [1.54, 1.807) is 19.1 Å². The Bertz CT molecular complexity index is 671. The maximum atomic E-state index is 12.4. The first-order valence-electron chi connectivity index (χ1n) is 7.37. The number of rotatable bonds is 5. The van der Waals surface area contributed by atoms with Crippen LogP contribution in [0, 0.1) is 6.92 Å². The molecule has 0 heterocycles. The number of carbonyl (C=O) groups is 1. The Morgan fingerprint density at radius 1 is 1.22 bits per heavy atom. The number of sulfonamides is 1. The van der Waals surface area contributed by atoms with E-state index >= 15 is 0 Å². The van der Waals surface area contributed by atoms with Crippen molar-refractivity contribution in [1.29, 1.82) is 0 Å². The normalized spacial score (nSPS) is 12.8. The number of benzene rings is 1. The first-order valence-corrected chi connectivity index (χ1v) is 8.85. The number of carbonyl (C=O) groups excluding carboxylic acids is 1. The Morgan fingerprint density at radius 3 is 2.26 bits per heavy atom. The van der Waals surface area contributed by atoms with E-state index in [2.05, 4.69) is 9.71 Å². The number of amidine groups is 1. The lowest BCUT2D eigenvalue weighted by Gasteiger charge is -2.17. The highest BCUT2D eigenvalue weighted by Crippen LogP contribution is 2.12. The molecule has 0 amide bonds. The van der Waals surface area contributed by atoms with Crippen molar-refractivity contribution < 1.29 is 17.9 Å². The summed E-state index contributed by atoms with van der Waals surface area (Å²) >= 11 is 0. The topological polar surface area (TPSA) is 84.8 Å². The Kier molecular flexibility index (Phi) is 6.32. The van der Waals surface area contributed by atoms with Crippen LogP contribution in [0.5, 0.6) is 0 Å². The molecule has 0 aliphatic heterocycles. The summed E-state index contributed by atoms with van der Waals surface area (Å²) < 4.78 is 32.1. The first kappa shape index (κ1) is 19.2. The van der Waals surface area contributed by atoms with Crippen LogP contribution in [0.4, 0.5) is 0 Å². The van der Waals surface area contributed by atoms with Crippen molar-refractivity contribution >= 4 is 21.8 Å².